The Balaban J connectivity index is 3.64. The average molecular weight is 160 g/mol. The predicted molar refractivity (Wildman–Crippen MR) is 43.6 cm³/mol. The van der Waals surface area contributed by atoms with Crippen molar-refractivity contribution < 1.29 is 9.53 Å². The van der Waals surface area contributed by atoms with E-state index in [0.29, 0.717) is 13.2 Å². The molecule has 0 aromatic carbocycles. The fourth-order valence-corrected chi connectivity index (χ4v) is 0.665. The van der Waals surface area contributed by atoms with Crippen molar-refractivity contribution in [1.29, 1.82) is 0 Å². The molecule has 0 aliphatic rings. The van der Waals surface area contributed by atoms with Gasteiger partial charge in [0.15, 0.2) is 0 Å². The quantitative estimate of drug-likeness (QED) is 0.592. The van der Waals surface area contributed by atoms with E-state index in [2.05, 4.69) is 0 Å². The summed E-state index contributed by atoms with van der Waals surface area (Å²) in [5.74, 6) is 0. The lowest BCUT2D eigenvalue weighted by atomic mass is 10.6. The van der Waals surface area contributed by atoms with E-state index in [4.69, 9.17) is 4.74 Å². The Bertz CT molecular complexity index is 126. The van der Waals surface area contributed by atoms with Crippen LogP contribution in [0, 0.1) is 0 Å². The Morgan fingerprint density at radius 3 is 2.27 bits per heavy atom. The van der Waals surface area contributed by atoms with E-state index >= 15 is 0 Å². The van der Waals surface area contributed by atoms with E-state index < -0.39 is 0 Å². The number of nitrogens with zero attached hydrogens (tertiary/aromatic N) is 2. The van der Waals surface area contributed by atoms with Gasteiger partial charge < -0.3 is 14.5 Å². The molecule has 0 saturated carbocycles. The van der Waals surface area contributed by atoms with Gasteiger partial charge >= 0.3 is 6.03 Å². The van der Waals surface area contributed by atoms with Crippen LogP contribution < -0.4 is 0 Å². The first-order valence-electron chi connectivity index (χ1n) is 3.51. The maximum absolute atomic E-state index is 11.1. The normalized spacial score (nSPS) is 9.45. The lowest BCUT2D eigenvalue weighted by Gasteiger charge is -2.20. The van der Waals surface area contributed by atoms with Gasteiger partial charge in [-0.05, 0) is 0 Å². The number of amides is 2. The maximum atomic E-state index is 11.1. The summed E-state index contributed by atoms with van der Waals surface area (Å²) in [4.78, 5) is 14.3. The third-order valence-corrected chi connectivity index (χ3v) is 1.34. The van der Waals surface area contributed by atoms with Crippen LogP contribution in [0.4, 0.5) is 4.79 Å². The molecule has 0 aliphatic heterocycles. The molecule has 0 fully saturated rings. The topological polar surface area (TPSA) is 32.8 Å². The van der Waals surface area contributed by atoms with Crippen LogP contribution in [0.1, 0.15) is 0 Å². The monoisotopic (exact) mass is 160 g/mol. The molecule has 0 heterocycles. The predicted octanol–water partition coefficient (Wildman–Crippen LogP) is 0.246. The van der Waals surface area contributed by atoms with Crippen LogP contribution in [0.3, 0.4) is 0 Å². The number of urea groups is 1. The highest BCUT2D eigenvalue weighted by Crippen LogP contribution is 1.89. The largest absolute Gasteiger partial charge is 0.383 e. The van der Waals surface area contributed by atoms with Gasteiger partial charge in [-0.25, -0.2) is 4.79 Å². The third kappa shape index (κ3) is 3.83. The summed E-state index contributed by atoms with van der Waals surface area (Å²) in [7, 11) is 6.83. The van der Waals surface area contributed by atoms with Crippen molar-refractivity contribution in [3.05, 3.63) is 0 Å². The van der Waals surface area contributed by atoms with Crippen molar-refractivity contribution in [1.82, 2.24) is 9.80 Å². The molecule has 0 aromatic heterocycles. The summed E-state index contributed by atoms with van der Waals surface area (Å²) in [6.07, 6.45) is 0. The molecular formula is C7H16N2O2. The number of hydrogen-bond donors (Lipinski definition) is 0. The summed E-state index contributed by atoms with van der Waals surface area (Å²) in [6.45, 7) is 1.21. The van der Waals surface area contributed by atoms with Crippen molar-refractivity contribution in [3.63, 3.8) is 0 Å². The fourth-order valence-electron chi connectivity index (χ4n) is 0.665. The summed E-state index contributed by atoms with van der Waals surface area (Å²) >= 11 is 0. The zero-order valence-corrected chi connectivity index (χ0v) is 7.63. The Kier molecular flexibility index (Phi) is 4.61. The van der Waals surface area contributed by atoms with Crippen molar-refractivity contribution in [2.24, 2.45) is 0 Å². The second-order valence-electron chi connectivity index (χ2n) is 2.59. The third-order valence-electron chi connectivity index (χ3n) is 1.34. The van der Waals surface area contributed by atoms with E-state index in [0.717, 1.165) is 0 Å². The molecule has 0 bridgehead atoms. The number of methoxy groups -OCH3 is 1. The molecule has 0 unspecified atom stereocenters. The molecule has 0 N–H and O–H groups in total. The zero-order chi connectivity index (χ0) is 8.85. The van der Waals surface area contributed by atoms with Crippen LogP contribution in [-0.2, 0) is 4.74 Å². The minimum Gasteiger partial charge on any atom is -0.383 e. The van der Waals surface area contributed by atoms with Gasteiger partial charge in [0, 0.05) is 34.8 Å². The summed E-state index contributed by atoms with van der Waals surface area (Å²) in [5, 5.41) is 0. The standard InChI is InChI=1S/C7H16N2O2/c1-8(2)7(10)9(3)5-6-11-4/h5-6H2,1-4H3. The van der Waals surface area contributed by atoms with E-state index in [1.807, 2.05) is 0 Å². The van der Waals surface area contributed by atoms with Crippen LogP contribution in [0.2, 0.25) is 0 Å². The number of carbonyl (C=O) groups excluding carboxylic acids is 1. The molecule has 0 spiro atoms. The molecule has 0 rings (SSSR count). The van der Waals surface area contributed by atoms with Crippen molar-refractivity contribution >= 4 is 6.03 Å². The first kappa shape index (κ1) is 10.2. The molecular weight excluding hydrogens is 144 g/mol. The van der Waals surface area contributed by atoms with Crippen LogP contribution in [0.15, 0.2) is 0 Å². The van der Waals surface area contributed by atoms with Gasteiger partial charge in [0.05, 0.1) is 6.61 Å². The molecule has 2 amide bonds. The number of likely N-dealkylation sites (N-methyl/N-ethyl adjacent to an activating group) is 1. The number of carbonyl (C=O) groups is 1. The van der Waals surface area contributed by atoms with Gasteiger partial charge in [-0.2, -0.15) is 0 Å². The van der Waals surface area contributed by atoms with Crippen LogP contribution >= 0.6 is 0 Å². The van der Waals surface area contributed by atoms with Gasteiger partial charge in [0.25, 0.3) is 0 Å². The minimum absolute atomic E-state index is 0.00190. The first-order chi connectivity index (χ1) is 5.09. The van der Waals surface area contributed by atoms with Crippen LogP contribution in [-0.4, -0.2) is 57.2 Å². The molecule has 0 saturated heterocycles. The summed E-state index contributed by atoms with van der Waals surface area (Å²) in [6, 6.07) is 0.00190. The molecule has 0 radical (unpaired) electrons. The molecule has 66 valence electrons. The number of hydrogen-bond acceptors (Lipinski definition) is 2. The van der Waals surface area contributed by atoms with E-state index in [9.17, 15) is 4.79 Å². The highest BCUT2D eigenvalue weighted by atomic mass is 16.5. The molecule has 0 atom stereocenters. The van der Waals surface area contributed by atoms with Crippen LogP contribution in [0.25, 0.3) is 0 Å². The van der Waals surface area contributed by atoms with Gasteiger partial charge in [0.2, 0.25) is 0 Å². The first-order valence-corrected chi connectivity index (χ1v) is 3.51. The molecule has 11 heavy (non-hydrogen) atoms. The molecule has 0 aliphatic carbocycles. The Hall–Kier alpha value is -0.770. The van der Waals surface area contributed by atoms with E-state index in [1.165, 1.54) is 4.90 Å². The highest BCUT2D eigenvalue weighted by molar-refractivity contribution is 5.73. The fraction of sp³-hybridized carbons (Fsp3) is 0.857. The number of rotatable bonds is 3. The lowest BCUT2D eigenvalue weighted by molar-refractivity contribution is 0.146. The Labute approximate surface area is 67.7 Å². The maximum Gasteiger partial charge on any atom is 0.319 e. The molecule has 4 heteroatoms. The van der Waals surface area contributed by atoms with Crippen molar-refractivity contribution in [2.75, 3.05) is 41.4 Å². The lowest BCUT2D eigenvalue weighted by Crippen LogP contribution is -2.38. The SMILES string of the molecule is COCCN(C)C(=O)N(C)C. The van der Waals surface area contributed by atoms with Gasteiger partial charge in [0.1, 0.15) is 0 Å². The smallest absolute Gasteiger partial charge is 0.319 e. The van der Waals surface area contributed by atoms with Crippen molar-refractivity contribution in [2.45, 2.75) is 0 Å². The summed E-state index contributed by atoms with van der Waals surface area (Å²) < 4.78 is 4.83. The Morgan fingerprint density at radius 1 is 1.36 bits per heavy atom. The van der Waals surface area contributed by atoms with Crippen LogP contribution in [0.5, 0.6) is 0 Å². The van der Waals surface area contributed by atoms with Crippen molar-refractivity contribution in [3.8, 4) is 0 Å². The highest BCUT2D eigenvalue weighted by Gasteiger charge is 2.08. The second kappa shape index (κ2) is 4.96. The molecule has 0 aromatic rings. The van der Waals surface area contributed by atoms with E-state index in [-0.39, 0.29) is 6.03 Å². The zero-order valence-electron chi connectivity index (χ0n) is 7.63. The van der Waals surface area contributed by atoms with Gasteiger partial charge in [-0.3, -0.25) is 0 Å². The summed E-state index contributed by atoms with van der Waals surface area (Å²) in [5.41, 5.74) is 0. The second-order valence-corrected chi connectivity index (χ2v) is 2.59. The molecule has 4 nitrogen and oxygen atoms in total. The van der Waals surface area contributed by atoms with Gasteiger partial charge in [-0.1, -0.05) is 0 Å². The van der Waals surface area contributed by atoms with Gasteiger partial charge in [-0.15, -0.1) is 0 Å². The minimum atomic E-state index is 0.00190. The Morgan fingerprint density at radius 2 is 1.91 bits per heavy atom. The number of ether oxygens (including phenoxy) is 1. The average Bonchev–Trinajstić information content (AvgIpc) is 1.98. The van der Waals surface area contributed by atoms with E-state index in [1.54, 1.807) is 33.2 Å².